The molecule has 5 heteroatoms. The summed E-state index contributed by atoms with van der Waals surface area (Å²) in [5.41, 5.74) is 1.37. The van der Waals surface area contributed by atoms with Gasteiger partial charge in [0.05, 0.1) is 5.02 Å². The normalized spacial score (nSPS) is 14.8. The van der Waals surface area contributed by atoms with Gasteiger partial charge in [-0.1, -0.05) is 41.4 Å². The Hall–Kier alpha value is -1.81. The van der Waals surface area contributed by atoms with E-state index in [0.29, 0.717) is 22.2 Å². The van der Waals surface area contributed by atoms with E-state index in [1.54, 1.807) is 24.3 Å². The maximum absolute atomic E-state index is 12.2. The number of hydrogen-bond acceptors (Lipinski definition) is 3. The molecule has 3 rings (SSSR count). The fourth-order valence-electron chi connectivity index (χ4n) is 2.92. The summed E-state index contributed by atoms with van der Waals surface area (Å²) < 4.78 is 5.78. The zero-order valence-electron chi connectivity index (χ0n) is 14.5. The molecule has 1 fully saturated rings. The van der Waals surface area contributed by atoms with Crippen LogP contribution in [0, 0.1) is 0 Å². The highest BCUT2D eigenvalue weighted by atomic mass is 35.5. The minimum atomic E-state index is -0.155. The second kappa shape index (κ2) is 9.22. The topological polar surface area (TPSA) is 29.5 Å². The van der Waals surface area contributed by atoms with Gasteiger partial charge in [-0.05, 0) is 67.9 Å². The highest BCUT2D eigenvalue weighted by molar-refractivity contribution is 6.37. The largest absolute Gasteiger partial charge is 0.492 e. The van der Waals surface area contributed by atoms with Gasteiger partial charge in [-0.15, -0.1) is 0 Å². The first-order valence-corrected chi connectivity index (χ1v) is 9.50. The molecule has 0 aliphatic carbocycles. The van der Waals surface area contributed by atoms with Crippen molar-refractivity contribution in [2.45, 2.75) is 12.8 Å². The van der Waals surface area contributed by atoms with Crippen molar-refractivity contribution in [3.05, 3.63) is 69.7 Å². The Bertz CT molecular complexity index is 781. The maximum atomic E-state index is 12.2. The Kier molecular flexibility index (Phi) is 6.73. The molecule has 136 valence electrons. The first-order valence-electron chi connectivity index (χ1n) is 8.74. The van der Waals surface area contributed by atoms with Gasteiger partial charge in [0.2, 0.25) is 0 Å². The van der Waals surface area contributed by atoms with Crippen LogP contribution in [0.3, 0.4) is 0 Å². The third-order valence-electron chi connectivity index (χ3n) is 4.38. The lowest BCUT2D eigenvalue weighted by Crippen LogP contribution is -2.25. The molecule has 1 saturated heterocycles. The smallest absolute Gasteiger partial charge is 0.187 e. The SMILES string of the molecule is O=C(/C=C/c1ccc(OCCN2CCCC2)cc1)c1ccc(Cl)cc1Cl. The molecule has 1 aliphatic rings. The van der Waals surface area contributed by atoms with Gasteiger partial charge in [-0.3, -0.25) is 9.69 Å². The fraction of sp³-hybridized carbons (Fsp3) is 0.286. The Labute approximate surface area is 164 Å². The van der Waals surface area contributed by atoms with Crippen molar-refractivity contribution >= 4 is 35.1 Å². The predicted molar refractivity (Wildman–Crippen MR) is 107 cm³/mol. The molecule has 0 atom stereocenters. The van der Waals surface area contributed by atoms with E-state index in [-0.39, 0.29) is 5.78 Å². The summed E-state index contributed by atoms with van der Waals surface area (Å²) in [5, 5.41) is 0.866. The van der Waals surface area contributed by atoms with Crippen LogP contribution in [0.15, 0.2) is 48.5 Å². The first kappa shape index (κ1) is 19.0. The number of ketones is 1. The average Bonchev–Trinajstić information content (AvgIpc) is 3.14. The van der Waals surface area contributed by atoms with E-state index in [1.807, 2.05) is 24.3 Å². The van der Waals surface area contributed by atoms with Crippen LogP contribution in [0.4, 0.5) is 0 Å². The molecule has 0 saturated carbocycles. The van der Waals surface area contributed by atoms with Crippen LogP contribution in [0.25, 0.3) is 6.08 Å². The van der Waals surface area contributed by atoms with E-state index in [9.17, 15) is 4.79 Å². The Morgan fingerprint density at radius 3 is 2.50 bits per heavy atom. The second-order valence-corrected chi connectivity index (χ2v) is 7.13. The van der Waals surface area contributed by atoms with Gasteiger partial charge in [-0.2, -0.15) is 0 Å². The molecule has 0 N–H and O–H groups in total. The molecule has 0 spiro atoms. The molecule has 1 heterocycles. The van der Waals surface area contributed by atoms with E-state index < -0.39 is 0 Å². The van der Waals surface area contributed by atoms with Crippen molar-refractivity contribution in [3.63, 3.8) is 0 Å². The molecular formula is C21H21Cl2NO2. The monoisotopic (exact) mass is 389 g/mol. The molecule has 0 radical (unpaired) electrons. The van der Waals surface area contributed by atoms with Gasteiger partial charge in [0.15, 0.2) is 5.78 Å². The van der Waals surface area contributed by atoms with Crippen molar-refractivity contribution in [3.8, 4) is 5.75 Å². The Morgan fingerprint density at radius 2 is 1.81 bits per heavy atom. The molecule has 26 heavy (non-hydrogen) atoms. The van der Waals surface area contributed by atoms with Crippen LogP contribution in [0.5, 0.6) is 5.75 Å². The summed E-state index contributed by atoms with van der Waals surface area (Å²) in [4.78, 5) is 14.7. The lowest BCUT2D eigenvalue weighted by molar-refractivity contribution is 0.104. The summed E-state index contributed by atoms with van der Waals surface area (Å²) in [5.74, 6) is 0.686. The number of carbonyl (C=O) groups excluding carboxylic acids is 1. The number of ether oxygens (including phenoxy) is 1. The number of halogens is 2. The minimum Gasteiger partial charge on any atom is -0.492 e. The second-order valence-electron chi connectivity index (χ2n) is 6.29. The third-order valence-corrected chi connectivity index (χ3v) is 4.93. The van der Waals surface area contributed by atoms with Crippen LogP contribution < -0.4 is 4.74 Å². The van der Waals surface area contributed by atoms with Gasteiger partial charge >= 0.3 is 0 Å². The molecule has 0 aromatic heterocycles. The van der Waals surface area contributed by atoms with E-state index >= 15 is 0 Å². The Morgan fingerprint density at radius 1 is 1.08 bits per heavy atom. The van der Waals surface area contributed by atoms with Crippen LogP contribution in [-0.4, -0.2) is 36.9 Å². The van der Waals surface area contributed by atoms with E-state index in [4.69, 9.17) is 27.9 Å². The van der Waals surface area contributed by atoms with Crippen molar-refractivity contribution in [1.29, 1.82) is 0 Å². The highest BCUT2D eigenvalue weighted by Gasteiger charge is 2.10. The Balaban J connectivity index is 1.52. The van der Waals surface area contributed by atoms with Gasteiger partial charge in [0.1, 0.15) is 12.4 Å². The molecule has 0 amide bonds. The van der Waals surface area contributed by atoms with Crippen LogP contribution in [-0.2, 0) is 0 Å². The molecular weight excluding hydrogens is 369 g/mol. The zero-order valence-corrected chi connectivity index (χ0v) is 16.0. The average molecular weight is 390 g/mol. The quantitative estimate of drug-likeness (QED) is 0.471. The summed E-state index contributed by atoms with van der Waals surface area (Å²) in [6.45, 7) is 4.03. The summed E-state index contributed by atoms with van der Waals surface area (Å²) in [6, 6.07) is 12.6. The van der Waals surface area contributed by atoms with Gasteiger partial charge < -0.3 is 4.74 Å². The predicted octanol–water partition coefficient (Wildman–Crippen LogP) is 5.36. The van der Waals surface area contributed by atoms with Crippen LogP contribution in [0.1, 0.15) is 28.8 Å². The van der Waals surface area contributed by atoms with Crippen LogP contribution >= 0.6 is 23.2 Å². The lowest BCUT2D eigenvalue weighted by Gasteiger charge is -2.14. The number of benzene rings is 2. The van der Waals surface area contributed by atoms with Crippen LogP contribution in [0.2, 0.25) is 10.0 Å². The van der Waals surface area contributed by atoms with Crippen molar-refractivity contribution in [2.24, 2.45) is 0 Å². The molecule has 1 aliphatic heterocycles. The number of hydrogen-bond donors (Lipinski definition) is 0. The number of nitrogens with zero attached hydrogens (tertiary/aromatic N) is 1. The summed E-state index contributed by atoms with van der Waals surface area (Å²) in [7, 11) is 0. The van der Waals surface area contributed by atoms with Crippen molar-refractivity contribution in [2.75, 3.05) is 26.2 Å². The minimum absolute atomic E-state index is 0.155. The number of allylic oxidation sites excluding steroid dienone is 1. The molecule has 2 aromatic carbocycles. The lowest BCUT2D eigenvalue weighted by atomic mass is 10.1. The van der Waals surface area contributed by atoms with E-state index in [1.165, 1.54) is 32.0 Å². The van der Waals surface area contributed by atoms with Crippen molar-refractivity contribution in [1.82, 2.24) is 4.90 Å². The number of carbonyl (C=O) groups is 1. The zero-order chi connectivity index (χ0) is 18.4. The van der Waals surface area contributed by atoms with Gasteiger partial charge in [-0.25, -0.2) is 0 Å². The van der Waals surface area contributed by atoms with E-state index in [2.05, 4.69) is 4.90 Å². The first-order chi connectivity index (χ1) is 12.6. The fourth-order valence-corrected chi connectivity index (χ4v) is 3.43. The van der Waals surface area contributed by atoms with Crippen molar-refractivity contribution < 1.29 is 9.53 Å². The molecule has 2 aromatic rings. The number of likely N-dealkylation sites (tertiary alicyclic amines) is 1. The van der Waals surface area contributed by atoms with Gasteiger partial charge in [0.25, 0.3) is 0 Å². The molecule has 0 bridgehead atoms. The summed E-state index contributed by atoms with van der Waals surface area (Å²) in [6.07, 6.45) is 5.86. The third kappa shape index (κ3) is 5.34. The standard InChI is InChI=1S/C21H21Cl2NO2/c22-17-6-9-19(20(23)15-17)21(25)10-5-16-3-7-18(8-4-16)26-14-13-24-11-1-2-12-24/h3-10,15H,1-2,11-14H2/b10-5+. The summed E-state index contributed by atoms with van der Waals surface area (Å²) >= 11 is 11.9. The molecule has 0 unspecified atom stereocenters. The number of rotatable bonds is 7. The molecule has 3 nitrogen and oxygen atoms in total. The maximum Gasteiger partial charge on any atom is 0.187 e. The van der Waals surface area contributed by atoms with E-state index in [0.717, 1.165) is 17.9 Å². The van der Waals surface area contributed by atoms with Gasteiger partial charge in [0, 0.05) is 17.1 Å². The highest BCUT2D eigenvalue weighted by Crippen LogP contribution is 2.22.